The number of benzene rings is 1. The molecule has 0 amide bonds. The lowest BCUT2D eigenvalue weighted by molar-refractivity contribution is 0.357. The normalized spacial score (nSPS) is 13.6. The van der Waals surface area contributed by atoms with Crippen LogP contribution in [0, 0.1) is 5.92 Å². The molecule has 1 unspecified atom stereocenters. The highest BCUT2D eigenvalue weighted by molar-refractivity contribution is 14.0. The van der Waals surface area contributed by atoms with Gasteiger partial charge in [-0.1, -0.05) is 44.2 Å². The Bertz CT molecular complexity index is 443. The molecule has 1 aromatic carbocycles. The van der Waals surface area contributed by atoms with Crippen LogP contribution >= 0.6 is 24.0 Å². The van der Waals surface area contributed by atoms with Crippen LogP contribution in [0.2, 0.25) is 0 Å². The molecule has 0 aromatic heterocycles. The van der Waals surface area contributed by atoms with Gasteiger partial charge in [-0.25, -0.2) is 0 Å². The van der Waals surface area contributed by atoms with Gasteiger partial charge in [-0.05, 0) is 32.3 Å². The second-order valence-corrected chi connectivity index (χ2v) is 6.64. The van der Waals surface area contributed by atoms with Gasteiger partial charge in [-0.3, -0.25) is 4.99 Å². The molecular formula is C17H31IN4. The summed E-state index contributed by atoms with van der Waals surface area (Å²) in [5, 5.41) is 6.74. The van der Waals surface area contributed by atoms with E-state index in [-0.39, 0.29) is 35.6 Å². The fourth-order valence-corrected chi connectivity index (χ4v) is 2.10. The third-order valence-corrected chi connectivity index (χ3v) is 3.24. The highest BCUT2D eigenvalue weighted by atomic mass is 127. The molecule has 0 fully saturated rings. The maximum Gasteiger partial charge on any atom is 0.188 e. The number of aliphatic imine (C=N–C) groups is 1. The quantitative estimate of drug-likeness (QED) is 0.362. The molecule has 126 valence electrons. The van der Waals surface area contributed by atoms with Crippen LogP contribution in [0.3, 0.4) is 0 Å². The highest BCUT2D eigenvalue weighted by Crippen LogP contribution is 2.16. The van der Waals surface area contributed by atoms with Crippen LogP contribution in [0.5, 0.6) is 0 Å². The molecule has 0 saturated heterocycles. The smallest absolute Gasteiger partial charge is 0.188 e. The van der Waals surface area contributed by atoms with Crippen molar-refractivity contribution in [3.63, 3.8) is 0 Å². The summed E-state index contributed by atoms with van der Waals surface area (Å²) in [4.78, 5) is 4.44. The largest absolute Gasteiger partial charge is 0.370 e. The minimum absolute atomic E-state index is 0. The van der Waals surface area contributed by atoms with Gasteiger partial charge >= 0.3 is 0 Å². The Morgan fingerprint density at radius 3 is 2.32 bits per heavy atom. The minimum Gasteiger partial charge on any atom is -0.370 e. The Morgan fingerprint density at radius 2 is 1.77 bits per heavy atom. The van der Waals surface area contributed by atoms with Crippen LogP contribution in [-0.4, -0.2) is 24.6 Å². The molecule has 4 N–H and O–H groups in total. The lowest BCUT2D eigenvalue weighted by Crippen LogP contribution is -2.45. The molecule has 1 rings (SSSR count). The fraction of sp³-hybridized carbons (Fsp3) is 0.588. The number of nitrogens with one attached hydrogen (secondary N) is 2. The Balaban J connectivity index is 0.00000441. The molecule has 0 bridgehead atoms. The Hall–Kier alpha value is -0.820. The number of hydrogen-bond donors (Lipinski definition) is 3. The zero-order valence-corrected chi connectivity index (χ0v) is 16.7. The van der Waals surface area contributed by atoms with Crippen LogP contribution in [0.1, 0.15) is 46.2 Å². The molecule has 22 heavy (non-hydrogen) atoms. The maximum absolute atomic E-state index is 5.88. The molecule has 0 radical (unpaired) electrons. The van der Waals surface area contributed by atoms with Crippen molar-refractivity contribution in [2.24, 2.45) is 16.6 Å². The first-order valence-electron chi connectivity index (χ1n) is 7.66. The van der Waals surface area contributed by atoms with Gasteiger partial charge in [0.2, 0.25) is 0 Å². The topological polar surface area (TPSA) is 62.4 Å². The third kappa shape index (κ3) is 8.58. The lowest BCUT2D eigenvalue weighted by atomic mass is 10.0. The molecule has 4 nitrogen and oxygen atoms in total. The first-order valence-corrected chi connectivity index (χ1v) is 7.66. The van der Waals surface area contributed by atoms with Crippen LogP contribution in [0.15, 0.2) is 35.3 Å². The van der Waals surface area contributed by atoms with Gasteiger partial charge in [0.25, 0.3) is 0 Å². The summed E-state index contributed by atoms with van der Waals surface area (Å²) in [7, 11) is 0. The molecule has 0 aliphatic rings. The molecule has 1 aromatic rings. The number of guanidine groups is 1. The van der Waals surface area contributed by atoms with Crippen molar-refractivity contribution in [1.82, 2.24) is 10.6 Å². The van der Waals surface area contributed by atoms with Gasteiger partial charge in [0.15, 0.2) is 5.96 Å². The number of nitrogens with zero attached hydrogens (tertiary/aromatic N) is 1. The second-order valence-electron chi connectivity index (χ2n) is 6.64. The van der Waals surface area contributed by atoms with E-state index in [2.05, 4.69) is 74.5 Å². The summed E-state index contributed by atoms with van der Waals surface area (Å²) in [6, 6.07) is 10.7. The van der Waals surface area contributed by atoms with Gasteiger partial charge in [-0.2, -0.15) is 0 Å². The van der Waals surface area contributed by atoms with Gasteiger partial charge in [-0.15, -0.1) is 24.0 Å². The Morgan fingerprint density at radius 1 is 1.18 bits per heavy atom. The van der Waals surface area contributed by atoms with Crippen molar-refractivity contribution in [2.45, 2.75) is 46.2 Å². The van der Waals surface area contributed by atoms with Crippen molar-refractivity contribution >= 4 is 29.9 Å². The van der Waals surface area contributed by atoms with E-state index in [9.17, 15) is 0 Å². The molecule has 1 atom stereocenters. The van der Waals surface area contributed by atoms with Crippen LogP contribution in [-0.2, 0) is 0 Å². The Labute approximate surface area is 152 Å². The Kier molecular flexibility index (Phi) is 9.67. The minimum atomic E-state index is -0.112. The molecule has 5 heteroatoms. The molecule has 0 aliphatic carbocycles. The SMILES string of the molecule is CC(C)CNC(N)=NCC(C)(C)NC(C)c1ccccc1.I. The fourth-order valence-electron chi connectivity index (χ4n) is 2.10. The number of nitrogens with two attached hydrogens (primary N) is 1. The number of hydrogen-bond acceptors (Lipinski definition) is 2. The van der Waals surface area contributed by atoms with E-state index in [0.29, 0.717) is 18.4 Å². The van der Waals surface area contributed by atoms with E-state index < -0.39 is 0 Å². The molecule has 0 aliphatic heterocycles. The van der Waals surface area contributed by atoms with Crippen LogP contribution in [0.4, 0.5) is 0 Å². The van der Waals surface area contributed by atoms with Gasteiger partial charge < -0.3 is 16.4 Å². The second kappa shape index (κ2) is 10.0. The van der Waals surface area contributed by atoms with E-state index >= 15 is 0 Å². The van der Waals surface area contributed by atoms with E-state index in [1.54, 1.807) is 0 Å². The summed E-state index contributed by atoms with van der Waals surface area (Å²) in [6.45, 7) is 12.2. The van der Waals surface area contributed by atoms with Crippen molar-refractivity contribution in [1.29, 1.82) is 0 Å². The average Bonchev–Trinajstić information content (AvgIpc) is 2.43. The summed E-state index contributed by atoms with van der Waals surface area (Å²) >= 11 is 0. The maximum atomic E-state index is 5.88. The van der Waals surface area contributed by atoms with E-state index in [4.69, 9.17) is 5.73 Å². The predicted molar refractivity (Wildman–Crippen MR) is 107 cm³/mol. The zero-order valence-electron chi connectivity index (χ0n) is 14.4. The number of halogens is 1. The van der Waals surface area contributed by atoms with Crippen molar-refractivity contribution in [3.05, 3.63) is 35.9 Å². The van der Waals surface area contributed by atoms with Gasteiger partial charge in [0, 0.05) is 18.1 Å². The first-order chi connectivity index (χ1) is 9.80. The van der Waals surface area contributed by atoms with Crippen molar-refractivity contribution < 1.29 is 0 Å². The van der Waals surface area contributed by atoms with Crippen molar-refractivity contribution in [3.8, 4) is 0 Å². The zero-order chi connectivity index (χ0) is 15.9. The highest BCUT2D eigenvalue weighted by Gasteiger charge is 2.20. The van der Waals surface area contributed by atoms with Gasteiger partial charge in [0.1, 0.15) is 0 Å². The summed E-state index contributed by atoms with van der Waals surface area (Å²) < 4.78 is 0. The molecular weight excluding hydrogens is 387 g/mol. The van der Waals surface area contributed by atoms with Gasteiger partial charge in [0.05, 0.1) is 6.54 Å². The average molecular weight is 418 g/mol. The summed E-state index contributed by atoms with van der Waals surface area (Å²) in [5.74, 6) is 1.08. The first kappa shape index (κ1) is 21.2. The van der Waals surface area contributed by atoms with E-state index in [1.807, 2.05) is 6.07 Å². The summed E-state index contributed by atoms with van der Waals surface area (Å²) in [6.07, 6.45) is 0. The van der Waals surface area contributed by atoms with E-state index in [1.165, 1.54) is 5.56 Å². The third-order valence-electron chi connectivity index (χ3n) is 3.24. The summed E-state index contributed by atoms with van der Waals surface area (Å²) in [5.41, 5.74) is 7.05. The standard InChI is InChI=1S/C17H30N4.HI/c1-13(2)11-19-16(18)20-12-17(4,5)21-14(3)15-9-7-6-8-10-15;/h6-10,13-14,21H,11-12H2,1-5H3,(H3,18,19,20);1H. The lowest BCUT2D eigenvalue weighted by Gasteiger charge is -2.29. The number of rotatable bonds is 7. The van der Waals surface area contributed by atoms with E-state index in [0.717, 1.165) is 6.54 Å². The predicted octanol–water partition coefficient (Wildman–Crippen LogP) is 3.29. The molecule has 0 heterocycles. The van der Waals surface area contributed by atoms with Crippen molar-refractivity contribution in [2.75, 3.05) is 13.1 Å². The van der Waals surface area contributed by atoms with Crippen LogP contribution < -0.4 is 16.4 Å². The molecule has 0 saturated carbocycles. The van der Waals surface area contributed by atoms with Crippen LogP contribution in [0.25, 0.3) is 0 Å². The monoisotopic (exact) mass is 418 g/mol. The molecule has 0 spiro atoms.